The van der Waals surface area contributed by atoms with Crippen molar-refractivity contribution in [1.82, 2.24) is 0 Å². The van der Waals surface area contributed by atoms with Crippen molar-refractivity contribution in [3.63, 3.8) is 0 Å². The van der Waals surface area contributed by atoms with Crippen molar-refractivity contribution in [2.75, 3.05) is 0 Å². The molecule has 4 heteroatoms. The molecule has 0 radical (unpaired) electrons. The third-order valence-electron chi connectivity index (χ3n) is 0.867. The Bertz CT molecular complexity index is 154. The number of carbonyl (C=O) groups excluding carboxylic acids is 1. The number of hydrogen-bond acceptors (Lipinski definition) is 4. The highest BCUT2D eigenvalue weighted by Gasteiger charge is 2.20. The van der Waals surface area contributed by atoms with Crippen LogP contribution < -0.4 is 5.73 Å². The molecule has 1 aliphatic rings. The van der Waals surface area contributed by atoms with Gasteiger partial charge in [-0.1, -0.05) is 0 Å². The maximum Gasteiger partial charge on any atom is 0.220 e. The fourth-order valence-corrected chi connectivity index (χ4v) is 1.10. The second-order valence-electron chi connectivity index (χ2n) is 1.56. The molecule has 8 heavy (non-hydrogen) atoms. The topological polar surface area (TPSA) is 55.4 Å². The number of thioether (sulfide) groups is 1. The first-order chi connectivity index (χ1) is 3.70. The van der Waals surface area contributed by atoms with Gasteiger partial charge in [0.1, 0.15) is 6.04 Å². The van der Waals surface area contributed by atoms with E-state index in [9.17, 15) is 4.79 Å². The highest BCUT2D eigenvalue weighted by atomic mass is 32.2. The van der Waals surface area contributed by atoms with E-state index < -0.39 is 0 Å². The summed E-state index contributed by atoms with van der Waals surface area (Å²) < 4.78 is 0. The number of nitrogens with two attached hydrogens (primary N) is 1. The standard InChI is InChI=1S/C4H6N2OS/c1-2-3(7)8-4(5)6-2/h2H,1H3,(H2,5,6)/t2-/m0/s1. The third kappa shape index (κ3) is 0.838. The van der Waals surface area contributed by atoms with Crippen LogP contribution in [0.25, 0.3) is 0 Å². The first kappa shape index (κ1) is 5.62. The zero-order valence-electron chi connectivity index (χ0n) is 4.42. The van der Waals surface area contributed by atoms with Gasteiger partial charge in [0.25, 0.3) is 0 Å². The highest BCUT2D eigenvalue weighted by molar-refractivity contribution is 8.26. The first-order valence-corrected chi connectivity index (χ1v) is 3.07. The summed E-state index contributed by atoms with van der Waals surface area (Å²) in [6.07, 6.45) is 0. The molecule has 0 aromatic carbocycles. The van der Waals surface area contributed by atoms with E-state index in [2.05, 4.69) is 4.99 Å². The Kier molecular flexibility index (Phi) is 1.25. The van der Waals surface area contributed by atoms with E-state index in [1.807, 2.05) is 0 Å². The molecule has 1 heterocycles. The molecule has 2 N–H and O–H groups in total. The lowest BCUT2D eigenvalue weighted by Gasteiger charge is -1.86. The van der Waals surface area contributed by atoms with Crippen molar-refractivity contribution in [1.29, 1.82) is 0 Å². The lowest BCUT2D eigenvalue weighted by Crippen LogP contribution is -2.03. The second kappa shape index (κ2) is 1.78. The van der Waals surface area contributed by atoms with E-state index in [1.165, 1.54) is 0 Å². The van der Waals surface area contributed by atoms with Gasteiger partial charge in [-0.2, -0.15) is 0 Å². The second-order valence-corrected chi connectivity index (χ2v) is 2.59. The van der Waals surface area contributed by atoms with Crippen LogP contribution in [0, 0.1) is 0 Å². The fourth-order valence-electron chi connectivity index (χ4n) is 0.458. The number of nitrogens with zero attached hydrogens (tertiary/aromatic N) is 1. The third-order valence-corrected chi connectivity index (χ3v) is 1.72. The Balaban J connectivity index is 2.69. The quantitative estimate of drug-likeness (QED) is 0.500. The summed E-state index contributed by atoms with van der Waals surface area (Å²) in [6.45, 7) is 1.73. The fraction of sp³-hybridized carbons (Fsp3) is 0.500. The summed E-state index contributed by atoms with van der Waals surface area (Å²) >= 11 is 1.02. The van der Waals surface area contributed by atoms with Gasteiger partial charge in [-0.15, -0.1) is 0 Å². The maximum absolute atomic E-state index is 10.6. The number of carbonyl (C=O) groups is 1. The molecule has 0 aromatic heterocycles. The molecule has 0 spiro atoms. The summed E-state index contributed by atoms with van der Waals surface area (Å²) in [5, 5.41) is 0.435. The Labute approximate surface area is 51.3 Å². The predicted octanol–water partition coefficient (Wildman–Crippen LogP) is -0.0370. The van der Waals surface area contributed by atoms with Crippen molar-refractivity contribution in [3.8, 4) is 0 Å². The summed E-state index contributed by atoms with van der Waals surface area (Å²) in [7, 11) is 0. The van der Waals surface area contributed by atoms with E-state index in [4.69, 9.17) is 5.73 Å². The monoisotopic (exact) mass is 130 g/mol. The van der Waals surface area contributed by atoms with Crippen molar-refractivity contribution < 1.29 is 4.79 Å². The zero-order valence-corrected chi connectivity index (χ0v) is 5.23. The zero-order chi connectivity index (χ0) is 6.15. The molecule has 44 valence electrons. The molecule has 0 fully saturated rings. The van der Waals surface area contributed by atoms with Crippen LogP contribution in [0.2, 0.25) is 0 Å². The molecule has 0 aliphatic carbocycles. The normalized spacial score (nSPS) is 28.4. The van der Waals surface area contributed by atoms with E-state index in [-0.39, 0.29) is 11.2 Å². The van der Waals surface area contributed by atoms with Gasteiger partial charge in [0.15, 0.2) is 5.17 Å². The van der Waals surface area contributed by atoms with Gasteiger partial charge < -0.3 is 5.73 Å². The van der Waals surface area contributed by atoms with Crippen molar-refractivity contribution >= 4 is 22.0 Å². The minimum Gasteiger partial charge on any atom is -0.378 e. The lowest BCUT2D eigenvalue weighted by molar-refractivity contribution is -0.111. The van der Waals surface area contributed by atoms with Crippen molar-refractivity contribution in [3.05, 3.63) is 0 Å². The molecule has 0 amide bonds. The molecule has 3 nitrogen and oxygen atoms in total. The van der Waals surface area contributed by atoms with Gasteiger partial charge in [0.2, 0.25) is 5.12 Å². The van der Waals surface area contributed by atoms with Crippen LogP contribution in [0.3, 0.4) is 0 Å². The average molecular weight is 130 g/mol. The number of rotatable bonds is 0. The number of aliphatic imine (C=N–C) groups is 1. The maximum atomic E-state index is 10.6. The van der Waals surface area contributed by atoms with Crippen LogP contribution in [0.5, 0.6) is 0 Å². The van der Waals surface area contributed by atoms with Crippen LogP contribution in [-0.4, -0.2) is 16.3 Å². The molecule has 0 saturated heterocycles. The van der Waals surface area contributed by atoms with Gasteiger partial charge in [0, 0.05) is 0 Å². The smallest absolute Gasteiger partial charge is 0.220 e. The Morgan fingerprint density at radius 1 is 1.88 bits per heavy atom. The molecule has 0 saturated carbocycles. The Hall–Kier alpha value is -0.510. The summed E-state index contributed by atoms with van der Waals surface area (Å²) in [4.78, 5) is 14.3. The molecular formula is C4H6N2OS. The van der Waals surface area contributed by atoms with E-state index in [0.29, 0.717) is 5.17 Å². The van der Waals surface area contributed by atoms with E-state index >= 15 is 0 Å². The number of hydrogen-bond donors (Lipinski definition) is 1. The van der Waals surface area contributed by atoms with Gasteiger partial charge in [-0.25, -0.2) is 0 Å². The van der Waals surface area contributed by atoms with Crippen LogP contribution in [0.15, 0.2) is 4.99 Å². The summed E-state index contributed by atoms with van der Waals surface area (Å²) in [5.41, 5.74) is 5.21. The molecule has 1 rings (SSSR count). The van der Waals surface area contributed by atoms with Gasteiger partial charge in [-0.3, -0.25) is 9.79 Å². The molecule has 1 aliphatic heterocycles. The van der Waals surface area contributed by atoms with Crippen molar-refractivity contribution in [2.45, 2.75) is 13.0 Å². The van der Waals surface area contributed by atoms with Gasteiger partial charge in [0.05, 0.1) is 0 Å². The predicted molar refractivity (Wildman–Crippen MR) is 33.7 cm³/mol. The highest BCUT2D eigenvalue weighted by Crippen LogP contribution is 2.15. The molecule has 0 aromatic rings. The Morgan fingerprint density at radius 2 is 2.50 bits per heavy atom. The van der Waals surface area contributed by atoms with E-state index in [0.717, 1.165) is 11.8 Å². The van der Waals surface area contributed by atoms with Crippen LogP contribution >= 0.6 is 11.8 Å². The largest absolute Gasteiger partial charge is 0.378 e. The van der Waals surface area contributed by atoms with Crippen LogP contribution in [0.4, 0.5) is 0 Å². The minimum atomic E-state index is -0.222. The Morgan fingerprint density at radius 3 is 2.62 bits per heavy atom. The molecule has 1 atom stereocenters. The van der Waals surface area contributed by atoms with Crippen LogP contribution in [-0.2, 0) is 4.79 Å². The number of amidine groups is 1. The first-order valence-electron chi connectivity index (χ1n) is 2.25. The lowest BCUT2D eigenvalue weighted by atomic mass is 10.4. The van der Waals surface area contributed by atoms with E-state index in [1.54, 1.807) is 6.92 Å². The van der Waals surface area contributed by atoms with Crippen molar-refractivity contribution in [2.24, 2.45) is 10.7 Å². The minimum absolute atomic E-state index is 0.0440. The molecule has 0 bridgehead atoms. The molecular weight excluding hydrogens is 124 g/mol. The summed E-state index contributed by atoms with van der Waals surface area (Å²) in [6, 6.07) is -0.222. The molecule has 0 unspecified atom stereocenters. The summed E-state index contributed by atoms with van der Waals surface area (Å²) in [5.74, 6) is 0. The SMILES string of the molecule is C[C@@H]1N=C(N)SC1=O. The van der Waals surface area contributed by atoms with Crippen LogP contribution in [0.1, 0.15) is 6.92 Å². The van der Waals surface area contributed by atoms with Gasteiger partial charge in [-0.05, 0) is 18.7 Å². The average Bonchev–Trinajstić information content (AvgIpc) is 1.85. The van der Waals surface area contributed by atoms with Gasteiger partial charge >= 0.3 is 0 Å².